The van der Waals surface area contributed by atoms with Crippen molar-refractivity contribution >= 4 is 28.9 Å². The molecule has 8 nitrogen and oxygen atoms in total. The van der Waals surface area contributed by atoms with Crippen LogP contribution in [0.2, 0.25) is 0 Å². The quantitative estimate of drug-likeness (QED) is 0.275. The van der Waals surface area contributed by atoms with Gasteiger partial charge in [0.1, 0.15) is 6.04 Å². The van der Waals surface area contributed by atoms with Gasteiger partial charge in [-0.2, -0.15) is 5.10 Å². The average Bonchev–Trinajstić information content (AvgIpc) is 3.60. The summed E-state index contributed by atoms with van der Waals surface area (Å²) in [5, 5.41) is 13.4. The molecule has 38 heavy (non-hydrogen) atoms. The summed E-state index contributed by atoms with van der Waals surface area (Å²) in [6.07, 6.45) is 10.2. The number of benzene rings is 2. The van der Waals surface area contributed by atoms with Gasteiger partial charge in [-0.25, -0.2) is 0 Å². The first-order valence-corrected chi connectivity index (χ1v) is 13.0. The fraction of sp³-hybridized carbons (Fsp3) is 0.267. The van der Waals surface area contributed by atoms with E-state index < -0.39 is 6.04 Å². The average molecular weight is 509 g/mol. The van der Waals surface area contributed by atoms with E-state index in [9.17, 15) is 9.59 Å². The summed E-state index contributed by atoms with van der Waals surface area (Å²) in [7, 11) is 1.79. The van der Waals surface area contributed by atoms with Crippen LogP contribution in [0.3, 0.4) is 0 Å². The summed E-state index contributed by atoms with van der Waals surface area (Å²) in [5.41, 5.74) is 4.63. The number of anilines is 3. The van der Waals surface area contributed by atoms with Gasteiger partial charge < -0.3 is 16.0 Å². The summed E-state index contributed by atoms with van der Waals surface area (Å²) in [5.74, 6) is -0.0751. The first kappa shape index (κ1) is 25.2. The largest absolute Gasteiger partial charge is 0.355 e. The van der Waals surface area contributed by atoms with Gasteiger partial charge in [-0.3, -0.25) is 19.3 Å². The van der Waals surface area contributed by atoms with E-state index in [1.807, 2.05) is 54.6 Å². The Morgan fingerprint density at radius 3 is 2.53 bits per heavy atom. The fourth-order valence-corrected chi connectivity index (χ4v) is 4.95. The second-order valence-corrected chi connectivity index (χ2v) is 9.81. The van der Waals surface area contributed by atoms with Crippen LogP contribution in [0.4, 0.5) is 17.1 Å². The van der Waals surface area contributed by atoms with Crippen LogP contribution in [0.25, 0.3) is 11.3 Å². The van der Waals surface area contributed by atoms with Gasteiger partial charge in [0.05, 0.1) is 17.6 Å². The fourth-order valence-electron chi connectivity index (χ4n) is 4.95. The summed E-state index contributed by atoms with van der Waals surface area (Å²) >= 11 is 0. The van der Waals surface area contributed by atoms with Crippen LogP contribution in [0.1, 0.15) is 42.5 Å². The summed E-state index contributed by atoms with van der Waals surface area (Å²) in [6, 6.07) is 20.5. The second-order valence-electron chi connectivity index (χ2n) is 9.81. The molecule has 2 aromatic heterocycles. The Balaban J connectivity index is 1.29. The first-order valence-electron chi connectivity index (χ1n) is 13.0. The smallest absolute Gasteiger partial charge is 0.252 e. The molecule has 5 rings (SSSR count). The molecule has 0 radical (unpaired) electrons. The number of carbonyl (C=O) groups is 2. The van der Waals surface area contributed by atoms with Gasteiger partial charge in [-0.15, -0.1) is 0 Å². The predicted octanol–water partition coefficient (Wildman–Crippen LogP) is 5.54. The molecule has 1 aliphatic rings. The number of hydrogen-bond acceptors (Lipinski definition) is 5. The molecule has 0 bridgehead atoms. The van der Waals surface area contributed by atoms with Crippen molar-refractivity contribution < 1.29 is 9.59 Å². The molecule has 1 aliphatic carbocycles. The van der Waals surface area contributed by atoms with Gasteiger partial charge in [-0.05, 0) is 42.7 Å². The van der Waals surface area contributed by atoms with Crippen molar-refractivity contribution in [3.63, 3.8) is 0 Å². The summed E-state index contributed by atoms with van der Waals surface area (Å²) in [6.45, 7) is 0. The standard InChI is InChI=1S/C30H32N6O2/c1-36-20-26(19-32-36)34-30(38)28(16-21-8-5-6-9-21)35-29(37)23-12-7-13-24(17-23)33-25-14-15-31-27(18-25)22-10-3-2-4-11-22/h2-4,7,10-15,17-21,28H,5-6,8-9,16H2,1H3,(H,31,33)(H,34,38)(H,35,37)/t28-/m0/s1. The Hall–Kier alpha value is -4.46. The third-order valence-electron chi connectivity index (χ3n) is 6.88. The van der Waals surface area contributed by atoms with Crippen LogP contribution in [0.5, 0.6) is 0 Å². The summed E-state index contributed by atoms with van der Waals surface area (Å²) < 4.78 is 1.63. The molecule has 1 fully saturated rings. The van der Waals surface area contributed by atoms with E-state index in [0.717, 1.165) is 35.5 Å². The number of aryl methyl sites for hydroxylation is 1. The van der Waals surface area contributed by atoms with Gasteiger partial charge in [-0.1, -0.05) is 62.1 Å². The van der Waals surface area contributed by atoms with Crippen molar-refractivity contribution in [2.45, 2.75) is 38.1 Å². The Labute approximate surface area is 222 Å². The zero-order valence-corrected chi connectivity index (χ0v) is 21.4. The minimum Gasteiger partial charge on any atom is -0.355 e. The van der Waals surface area contributed by atoms with E-state index in [1.165, 1.54) is 12.8 Å². The Bertz CT molecular complexity index is 1390. The van der Waals surface area contributed by atoms with E-state index in [0.29, 0.717) is 23.6 Å². The highest BCUT2D eigenvalue weighted by molar-refractivity contribution is 6.01. The number of amides is 2. The lowest BCUT2D eigenvalue weighted by molar-refractivity contribution is -0.118. The molecule has 3 N–H and O–H groups in total. The summed E-state index contributed by atoms with van der Waals surface area (Å²) in [4.78, 5) is 30.9. The highest BCUT2D eigenvalue weighted by atomic mass is 16.2. The van der Waals surface area contributed by atoms with E-state index in [-0.39, 0.29) is 11.8 Å². The molecular weight excluding hydrogens is 476 g/mol. The molecule has 2 heterocycles. The number of pyridine rings is 1. The molecule has 0 unspecified atom stereocenters. The van der Waals surface area contributed by atoms with Crippen LogP contribution < -0.4 is 16.0 Å². The molecule has 2 aromatic carbocycles. The number of hydrogen-bond donors (Lipinski definition) is 3. The van der Waals surface area contributed by atoms with Crippen molar-refractivity contribution in [2.75, 3.05) is 10.6 Å². The second kappa shape index (κ2) is 11.7. The van der Waals surface area contributed by atoms with Gasteiger partial charge in [0, 0.05) is 41.9 Å². The molecule has 0 aliphatic heterocycles. The predicted molar refractivity (Wildman–Crippen MR) is 149 cm³/mol. The van der Waals surface area contributed by atoms with Crippen molar-refractivity contribution in [3.8, 4) is 11.3 Å². The van der Waals surface area contributed by atoms with Crippen LogP contribution in [0.15, 0.2) is 85.3 Å². The topological polar surface area (TPSA) is 101 Å². The lowest BCUT2D eigenvalue weighted by atomic mass is 9.97. The highest BCUT2D eigenvalue weighted by Gasteiger charge is 2.27. The third kappa shape index (κ3) is 6.45. The molecule has 0 spiro atoms. The molecular formula is C30H32N6O2. The molecule has 8 heteroatoms. The van der Waals surface area contributed by atoms with Crippen LogP contribution in [-0.2, 0) is 11.8 Å². The lowest BCUT2D eigenvalue weighted by Crippen LogP contribution is -2.44. The van der Waals surface area contributed by atoms with Gasteiger partial charge in [0.25, 0.3) is 5.91 Å². The van der Waals surface area contributed by atoms with E-state index in [4.69, 9.17) is 0 Å². The zero-order valence-electron chi connectivity index (χ0n) is 21.4. The minimum atomic E-state index is -0.629. The van der Waals surface area contributed by atoms with Crippen molar-refractivity contribution in [1.82, 2.24) is 20.1 Å². The molecule has 1 saturated carbocycles. The Kier molecular flexibility index (Phi) is 7.78. The zero-order chi connectivity index (χ0) is 26.3. The molecule has 2 amide bonds. The maximum absolute atomic E-state index is 13.3. The number of rotatable bonds is 9. The third-order valence-corrected chi connectivity index (χ3v) is 6.88. The van der Waals surface area contributed by atoms with Crippen LogP contribution in [-0.4, -0.2) is 32.6 Å². The van der Waals surface area contributed by atoms with Crippen LogP contribution in [0, 0.1) is 5.92 Å². The van der Waals surface area contributed by atoms with Gasteiger partial charge >= 0.3 is 0 Å². The first-order chi connectivity index (χ1) is 18.5. The lowest BCUT2D eigenvalue weighted by Gasteiger charge is -2.21. The maximum Gasteiger partial charge on any atom is 0.252 e. The van der Waals surface area contributed by atoms with Crippen LogP contribution >= 0.6 is 0 Å². The van der Waals surface area contributed by atoms with Gasteiger partial charge in [0.2, 0.25) is 5.91 Å². The number of carbonyl (C=O) groups excluding carboxylic acids is 2. The molecule has 4 aromatic rings. The Morgan fingerprint density at radius 1 is 0.974 bits per heavy atom. The normalized spacial score (nSPS) is 14.1. The van der Waals surface area contributed by atoms with Crippen molar-refractivity contribution in [3.05, 3.63) is 90.9 Å². The van der Waals surface area contributed by atoms with Gasteiger partial charge in [0.15, 0.2) is 0 Å². The number of nitrogens with zero attached hydrogens (tertiary/aromatic N) is 3. The highest BCUT2D eigenvalue weighted by Crippen LogP contribution is 2.29. The molecule has 1 atom stereocenters. The Morgan fingerprint density at radius 2 is 1.76 bits per heavy atom. The van der Waals surface area contributed by atoms with E-state index in [2.05, 4.69) is 26.0 Å². The monoisotopic (exact) mass is 508 g/mol. The SMILES string of the molecule is Cn1cc(NC(=O)[C@H](CC2CCCC2)NC(=O)c2cccc(Nc3ccnc(-c4ccccc4)c3)c2)cn1. The molecule has 0 saturated heterocycles. The number of nitrogens with one attached hydrogen (secondary N) is 3. The molecule has 194 valence electrons. The van der Waals surface area contributed by atoms with Crippen molar-refractivity contribution in [2.24, 2.45) is 13.0 Å². The minimum absolute atomic E-state index is 0.224. The number of aromatic nitrogens is 3. The van der Waals surface area contributed by atoms with E-state index in [1.54, 1.807) is 42.5 Å². The maximum atomic E-state index is 13.3. The van der Waals surface area contributed by atoms with E-state index >= 15 is 0 Å². The van der Waals surface area contributed by atoms with Crippen molar-refractivity contribution in [1.29, 1.82) is 0 Å².